The quantitative estimate of drug-likeness (QED) is 0.501. The normalized spacial score (nSPS) is 11.0. The van der Waals surface area contributed by atoms with Crippen molar-refractivity contribution in [2.45, 2.75) is 39.8 Å². The number of hydrogen-bond donors (Lipinski definition) is 0. The van der Waals surface area contributed by atoms with Crippen LogP contribution in [0.3, 0.4) is 0 Å². The van der Waals surface area contributed by atoms with E-state index in [1.807, 2.05) is 51.1 Å². The summed E-state index contributed by atoms with van der Waals surface area (Å²) in [5.74, 6) is 0.396. The minimum atomic E-state index is 0.0954. The van der Waals surface area contributed by atoms with Crippen LogP contribution in [0.4, 0.5) is 0 Å². The van der Waals surface area contributed by atoms with Gasteiger partial charge in [0.2, 0.25) is 5.16 Å². The highest BCUT2D eigenvalue weighted by atomic mass is 32.2. The largest absolute Gasteiger partial charge is 0.293 e. The van der Waals surface area contributed by atoms with Crippen LogP contribution in [-0.2, 0) is 0 Å². The molecule has 3 rings (SSSR count). The Morgan fingerprint density at radius 2 is 1.73 bits per heavy atom. The molecular formula is C20H22N4OS. The standard InChI is InChI=1S/C20H22N4OS/c1-12-8-6-7-9-18(12)24-20(21-22-23-24)26-11-19(25)17-10-13(2)14(3)15(4)16(17)5/h6-10H,11H2,1-5H3. The molecule has 0 aliphatic heterocycles. The molecule has 0 saturated heterocycles. The second-order valence-corrected chi connectivity index (χ2v) is 7.43. The van der Waals surface area contributed by atoms with Gasteiger partial charge < -0.3 is 0 Å². The van der Waals surface area contributed by atoms with Gasteiger partial charge in [-0.3, -0.25) is 4.79 Å². The van der Waals surface area contributed by atoms with Gasteiger partial charge in [0.15, 0.2) is 5.78 Å². The summed E-state index contributed by atoms with van der Waals surface area (Å²) in [7, 11) is 0. The van der Waals surface area contributed by atoms with E-state index in [9.17, 15) is 4.79 Å². The number of aromatic nitrogens is 4. The van der Waals surface area contributed by atoms with Gasteiger partial charge in [-0.1, -0.05) is 30.0 Å². The number of carbonyl (C=O) groups excluding carboxylic acids is 1. The van der Waals surface area contributed by atoms with Crippen molar-refractivity contribution in [3.05, 3.63) is 63.7 Å². The Hall–Kier alpha value is -2.47. The third kappa shape index (κ3) is 3.42. The first-order chi connectivity index (χ1) is 12.4. The highest BCUT2D eigenvalue weighted by Crippen LogP contribution is 2.25. The van der Waals surface area contributed by atoms with Gasteiger partial charge >= 0.3 is 0 Å². The Labute approximate surface area is 157 Å². The van der Waals surface area contributed by atoms with Crippen molar-refractivity contribution in [1.29, 1.82) is 0 Å². The smallest absolute Gasteiger partial charge is 0.214 e. The number of carbonyl (C=O) groups is 1. The molecule has 0 amide bonds. The van der Waals surface area contributed by atoms with Gasteiger partial charge in [-0.2, -0.15) is 4.68 Å². The van der Waals surface area contributed by atoms with E-state index in [0.29, 0.717) is 10.9 Å². The molecule has 3 aromatic rings. The van der Waals surface area contributed by atoms with Crippen molar-refractivity contribution < 1.29 is 4.79 Å². The second kappa shape index (κ2) is 7.41. The number of Topliss-reactive ketones (excluding diaryl/α,β-unsaturated/α-hetero) is 1. The summed E-state index contributed by atoms with van der Waals surface area (Å²) in [6.45, 7) is 10.2. The van der Waals surface area contributed by atoms with E-state index in [1.54, 1.807) is 4.68 Å². The first-order valence-electron chi connectivity index (χ1n) is 8.48. The number of para-hydroxylation sites is 1. The molecule has 0 unspecified atom stereocenters. The molecule has 0 N–H and O–H groups in total. The summed E-state index contributed by atoms with van der Waals surface area (Å²) in [5, 5.41) is 12.6. The first-order valence-corrected chi connectivity index (χ1v) is 9.46. The molecule has 26 heavy (non-hydrogen) atoms. The minimum absolute atomic E-state index is 0.0954. The van der Waals surface area contributed by atoms with Crippen molar-refractivity contribution in [1.82, 2.24) is 20.2 Å². The average molecular weight is 366 g/mol. The number of tetrazole rings is 1. The van der Waals surface area contributed by atoms with Crippen LogP contribution < -0.4 is 0 Å². The Bertz CT molecular complexity index is 978. The maximum absolute atomic E-state index is 12.8. The molecule has 0 aliphatic rings. The number of nitrogens with zero attached hydrogens (tertiary/aromatic N) is 4. The third-order valence-electron chi connectivity index (χ3n) is 4.90. The first kappa shape index (κ1) is 18.3. The van der Waals surface area contributed by atoms with Crippen molar-refractivity contribution >= 4 is 17.5 Å². The van der Waals surface area contributed by atoms with E-state index >= 15 is 0 Å². The van der Waals surface area contributed by atoms with Crippen LogP contribution in [0, 0.1) is 34.6 Å². The number of aryl methyl sites for hydroxylation is 2. The van der Waals surface area contributed by atoms with Crippen LogP contribution in [0.15, 0.2) is 35.5 Å². The van der Waals surface area contributed by atoms with Gasteiger partial charge in [-0.05, 0) is 85.0 Å². The van der Waals surface area contributed by atoms with Crippen LogP contribution in [0.25, 0.3) is 5.69 Å². The van der Waals surface area contributed by atoms with E-state index in [-0.39, 0.29) is 5.78 Å². The fraction of sp³-hybridized carbons (Fsp3) is 0.300. The second-order valence-electron chi connectivity index (χ2n) is 6.49. The lowest BCUT2D eigenvalue weighted by atomic mass is 9.93. The number of benzene rings is 2. The molecule has 0 fully saturated rings. The van der Waals surface area contributed by atoms with Gasteiger partial charge in [-0.15, -0.1) is 5.10 Å². The predicted molar refractivity (Wildman–Crippen MR) is 104 cm³/mol. The van der Waals surface area contributed by atoms with E-state index in [4.69, 9.17) is 0 Å². The number of rotatable bonds is 5. The van der Waals surface area contributed by atoms with E-state index < -0.39 is 0 Å². The van der Waals surface area contributed by atoms with Gasteiger partial charge in [-0.25, -0.2) is 0 Å². The van der Waals surface area contributed by atoms with Gasteiger partial charge in [0.1, 0.15) is 0 Å². The summed E-state index contributed by atoms with van der Waals surface area (Å²) < 4.78 is 1.69. The van der Waals surface area contributed by atoms with Crippen LogP contribution in [0.1, 0.15) is 38.2 Å². The molecule has 134 valence electrons. The molecule has 6 heteroatoms. The highest BCUT2D eigenvalue weighted by Gasteiger charge is 2.17. The number of ketones is 1. The summed E-state index contributed by atoms with van der Waals surface area (Å²) >= 11 is 1.36. The zero-order valence-electron chi connectivity index (χ0n) is 15.7. The fourth-order valence-electron chi connectivity index (χ4n) is 2.93. The van der Waals surface area contributed by atoms with E-state index in [1.165, 1.54) is 22.9 Å². The number of hydrogen-bond acceptors (Lipinski definition) is 5. The maximum atomic E-state index is 12.8. The van der Waals surface area contributed by atoms with Crippen molar-refractivity contribution in [2.24, 2.45) is 0 Å². The molecule has 2 aromatic carbocycles. The zero-order valence-corrected chi connectivity index (χ0v) is 16.5. The lowest BCUT2D eigenvalue weighted by Crippen LogP contribution is -2.09. The van der Waals surface area contributed by atoms with E-state index in [0.717, 1.165) is 27.9 Å². The average Bonchev–Trinajstić information content (AvgIpc) is 3.09. The topological polar surface area (TPSA) is 60.7 Å². The van der Waals surface area contributed by atoms with Crippen molar-refractivity contribution in [2.75, 3.05) is 5.75 Å². The lowest BCUT2D eigenvalue weighted by molar-refractivity contribution is 0.102. The van der Waals surface area contributed by atoms with Crippen LogP contribution in [0.5, 0.6) is 0 Å². The van der Waals surface area contributed by atoms with E-state index in [2.05, 4.69) is 29.4 Å². The maximum Gasteiger partial charge on any atom is 0.214 e. The van der Waals surface area contributed by atoms with Gasteiger partial charge in [0, 0.05) is 5.56 Å². The monoisotopic (exact) mass is 366 g/mol. The zero-order chi connectivity index (χ0) is 18.8. The molecule has 0 radical (unpaired) electrons. The molecular weight excluding hydrogens is 344 g/mol. The molecule has 1 aromatic heterocycles. The van der Waals surface area contributed by atoms with Crippen LogP contribution in [0.2, 0.25) is 0 Å². The van der Waals surface area contributed by atoms with Gasteiger partial charge in [0.05, 0.1) is 11.4 Å². The Balaban J connectivity index is 1.82. The summed E-state index contributed by atoms with van der Waals surface area (Å²) in [6.07, 6.45) is 0. The lowest BCUT2D eigenvalue weighted by Gasteiger charge is -2.13. The van der Waals surface area contributed by atoms with Crippen LogP contribution >= 0.6 is 11.8 Å². The highest BCUT2D eigenvalue weighted by molar-refractivity contribution is 7.99. The number of thioether (sulfide) groups is 1. The summed E-state index contributed by atoms with van der Waals surface area (Å²) in [6, 6.07) is 9.90. The fourth-order valence-corrected chi connectivity index (χ4v) is 3.70. The summed E-state index contributed by atoms with van der Waals surface area (Å²) in [5.41, 5.74) is 7.41. The molecule has 0 aliphatic carbocycles. The Morgan fingerprint density at radius 3 is 2.46 bits per heavy atom. The molecule has 0 bridgehead atoms. The molecule has 1 heterocycles. The Morgan fingerprint density at radius 1 is 1.00 bits per heavy atom. The SMILES string of the molecule is Cc1ccccc1-n1nnnc1SCC(=O)c1cc(C)c(C)c(C)c1C. The minimum Gasteiger partial charge on any atom is -0.293 e. The van der Waals surface area contributed by atoms with Crippen LogP contribution in [-0.4, -0.2) is 31.7 Å². The van der Waals surface area contributed by atoms with Crippen molar-refractivity contribution in [3.63, 3.8) is 0 Å². The molecule has 0 atom stereocenters. The third-order valence-corrected chi connectivity index (χ3v) is 5.82. The van der Waals surface area contributed by atoms with Gasteiger partial charge in [0.25, 0.3) is 0 Å². The predicted octanol–water partition coefficient (Wildman–Crippen LogP) is 4.18. The Kier molecular flexibility index (Phi) is 5.23. The molecule has 0 spiro atoms. The van der Waals surface area contributed by atoms with Crippen molar-refractivity contribution in [3.8, 4) is 5.69 Å². The summed E-state index contributed by atoms with van der Waals surface area (Å²) in [4.78, 5) is 12.8. The molecule has 0 saturated carbocycles. The molecule has 5 nitrogen and oxygen atoms in total.